The molecule has 0 bridgehead atoms. The molecule has 0 aromatic rings. The van der Waals surface area contributed by atoms with Crippen LogP contribution in [0.4, 0.5) is 4.39 Å². The Kier molecular flexibility index (Phi) is 3.05. The van der Waals surface area contributed by atoms with Gasteiger partial charge in [-0.05, 0) is 44.1 Å². The Hall–Kier alpha value is -1.03. The first kappa shape index (κ1) is 15.5. The van der Waals surface area contributed by atoms with Crippen molar-refractivity contribution in [3.8, 4) is 0 Å². The molecule has 6 atom stereocenters. The molecule has 4 aliphatic rings. The summed E-state index contributed by atoms with van der Waals surface area (Å²) in [6, 6.07) is 0. The molecular weight excluding hydrogens is 295 g/mol. The second-order valence-electron chi connectivity index (χ2n) is 8.59. The molecule has 4 heteroatoms. The van der Waals surface area contributed by atoms with Crippen LogP contribution in [-0.2, 0) is 9.59 Å². The molecule has 0 saturated heterocycles. The highest BCUT2D eigenvalue weighted by Gasteiger charge is 2.70. The van der Waals surface area contributed by atoms with Gasteiger partial charge in [-0.1, -0.05) is 19.4 Å². The number of hydrogen-bond acceptors (Lipinski definition) is 3. The number of ketones is 2. The summed E-state index contributed by atoms with van der Waals surface area (Å²) in [5.41, 5.74) is -2.18. The summed E-state index contributed by atoms with van der Waals surface area (Å²) in [7, 11) is 0. The van der Waals surface area contributed by atoms with E-state index in [9.17, 15) is 14.7 Å². The van der Waals surface area contributed by atoms with Gasteiger partial charge in [0.15, 0.2) is 5.78 Å². The van der Waals surface area contributed by atoms with Gasteiger partial charge >= 0.3 is 0 Å². The van der Waals surface area contributed by atoms with Crippen molar-refractivity contribution < 1.29 is 19.1 Å². The van der Waals surface area contributed by atoms with Crippen LogP contribution in [0.2, 0.25) is 0 Å². The van der Waals surface area contributed by atoms with Crippen molar-refractivity contribution in [2.45, 2.75) is 70.6 Å². The summed E-state index contributed by atoms with van der Waals surface area (Å²) in [5, 5.41) is 10.8. The molecule has 126 valence electrons. The lowest BCUT2D eigenvalue weighted by Gasteiger charge is -2.62. The highest BCUT2D eigenvalue weighted by Crippen LogP contribution is 2.67. The number of halogens is 1. The largest absolute Gasteiger partial charge is 0.390 e. The van der Waals surface area contributed by atoms with Gasteiger partial charge in [0.2, 0.25) is 0 Å². The number of allylic oxidation sites excluding steroid dienone is 1. The van der Waals surface area contributed by atoms with Crippen LogP contribution in [0.1, 0.15) is 58.8 Å². The number of alkyl halides is 1. The number of Topliss-reactive ketones (excluding diaryl/α,β-unsaturated/α-hetero) is 1. The standard InChI is InChI=1S/C19H25FO3/c1-17-10-16(23)19(20)14(13(17)5-6-15(17)22)4-3-11-9-12(21)7-8-18(11,19)2/h9,13-14,16,23H,3-8,10H2,1-2H3/t13-,14-,16-,17-,18+,19-/m1/s1. The van der Waals surface area contributed by atoms with Crippen LogP contribution in [0.15, 0.2) is 11.6 Å². The Morgan fingerprint density at radius 1 is 1.13 bits per heavy atom. The van der Waals surface area contributed by atoms with E-state index in [0.717, 1.165) is 12.0 Å². The van der Waals surface area contributed by atoms with Crippen LogP contribution in [0.25, 0.3) is 0 Å². The van der Waals surface area contributed by atoms with Crippen molar-refractivity contribution >= 4 is 11.6 Å². The molecule has 4 aliphatic carbocycles. The lowest BCUT2D eigenvalue weighted by Crippen LogP contribution is -2.67. The van der Waals surface area contributed by atoms with Crippen LogP contribution < -0.4 is 0 Å². The van der Waals surface area contributed by atoms with Gasteiger partial charge in [0.1, 0.15) is 11.5 Å². The molecule has 0 aromatic heterocycles. The highest BCUT2D eigenvalue weighted by atomic mass is 19.1. The first-order valence-corrected chi connectivity index (χ1v) is 8.87. The van der Waals surface area contributed by atoms with E-state index < -0.39 is 22.6 Å². The Labute approximate surface area is 136 Å². The third-order valence-electron chi connectivity index (χ3n) is 7.75. The minimum absolute atomic E-state index is 0.0272. The second-order valence-corrected chi connectivity index (χ2v) is 8.59. The number of hydrogen-bond donors (Lipinski definition) is 1. The van der Waals surface area contributed by atoms with Crippen LogP contribution >= 0.6 is 0 Å². The molecule has 0 aliphatic heterocycles. The highest BCUT2D eigenvalue weighted by molar-refractivity contribution is 5.92. The van der Waals surface area contributed by atoms with Gasteiger partial charge in [-0.25, -0.2) is 4.39 Å². The molecule has 3 fully saturated rings. The van der Waals surface area contributed by atoms with E-state index in [1.165, 1.54) is 0 Å². The van der Waals surface area contributed by atoms with Crippen molar-refractivity contribution in [2.24, 2.45) is 22.7 Å². The Balaban J connectivity index is 1.83. The monoisotopic (exact) mass is 320 g/mol. The lowest BCUT2D eigenvalue weighted by molar-refractivity contribution is -0.202. The molecular formula is C19H25FO3. The Morgan fingerprint density at radius 3 is 2.57 bits per heavy atom. The Morgan fingerprint density at radius 2 is 1.83 bits per heavy atom. The quantitative estimate of drug-likeness (QED) is 0.746. The second kappa shape index (κ2) is 4.53. The summed E-state index contributed by atoms with van der Waals surface area (Å²) < 4.78 is 16.5. The fourth-order valence-corrected chi connectivity index (χ4v) is 6.34. The predicted molar refractivity (Wildman–Crippen MR) is 83.5 cm³/mol. The fraction of sp³-hybridized carbons (Fsp3) is 0.789. The summed E-state index contributed by atoms with van der Waals surface area (Å²) in [4.78, 5) is 24.1. The van der Waals surface area contributed by atoms with E-state index >= 15 is 4.39 Å². The third kappa shape index (κ3) is 1.68. The van der Waals surface area contributed by atoms with Gasteiger partial charge in [-0.2, -0.15) is 0 Å². The summed E-state index contributed by atoms with van der Waals surface area (Å²) in [5.74, 6) is 0.0112. The molecule has 3 saturated carbocycles. The van der Waals surface area contributed by atoms with Crippen LogP contribution in [0, 0.1) is 22.7 Å². The summed E-state index contributed by atoms with van der Waals surface area (Å²) >= 11 is 0. The number of fused-ring (bicyclic) bond motifs is 5. The molecule has 0 aromatic carbocycles. The first-order chi connectivity index (χ1) is 10.7. The topological polar surface area (TPSA) is 54.4 Å². The van der Waals surface area contributed by atoms with Crippen molar-refractivity contribution in [3.05, 3.63) is 11.6 Å². The third-order valence-corrected chi connectivity index (χ3v) is 7.75. The van der Waals surface area contributed by atoms with E-state index in [1.807, 2.05) is 13.8 Å². The molecule has 1 N–H and O–H groups in total. The average molecular weight is 320 g/mol. The zero-order chi connectivity index (χ0) is 16.6. The molecule has 0 amide bonds. The molecule has 4 rings (SSSR count). The van der Waals surface area contributed by atoms with E-state index in [0.29, 0.717) is 32.1 Å². The molecule has 3 nitrogen and oxygen atoms in total. The zero-order valence-corrected chi connectivity index (χ0v) is 13.9. The minimum atomic E-state index is -1.72. The van der Waals surface area contributed by atoms with E-state index in [1.54, 1.807) is 6.08 Å². The Bertz CT molecular complexity index is 626. The van der Waals surface area contributed by atoms with Crippen LogP contribution in [0.5, 0.6) is 0 Å². The van der Waals surface area contributed by atoms with E-state index in [-0.39, 0.29) is 29.8 Å². The van der Waals surface area contributed by atoms with Gasteiger partial charge in [-0.3, -0.25) is 9.59 Å². The average Bonchev–Trinajstić information content (AvgIpc) is 2.77. The van der Waals surface area contributed by atoms with Gasteiger partial charge < -0.3 is 5.11 Å². The predicted octanol–water partition coefficient (Wildman–Crippen LogP) is 3.15. The number of carbonyl (C=O) groups is 2. The molecule has 0 spiro atoms. The van der Waals surface area contributed by atoms with Gasteiger partial charge in [-0.15, -0.1) is 0 Å². The van der Waals surface area contributed by atoms with Crippen molar-refractivity contribution in [3.63, 3.8) is 0 Å². The number of rotatable bonds is 0. The zero-order valence-electron chi connectivity index (χ0n) is 13.9. The van der Waals surface area contributed by atoms with Crippen molar-refractivity contribution in [1.29, 1.82) is 0 Å². The van der Waals surface area contributed by atoms with Crippen molar-refractivity contribution in [2.75, 3.05) is 0 Å². The number of aliphatic hydroxyl groups excluding tert-OH is 1. The lowest BCUT2D eigenvalue weighted by atomic mass is 9.45. The van der Waals surface area contributed by atoms with Gasteiger partial charge in [0.25, 0.3) is 0 Å². The van der Waals surface area contributed by atoms with Crippen LogP contribution in [0.3, 0.4) is 0 Å². The molecule has 23 heavy (non-hydrogen) atoms. The maximum atomic E-state index is 16.5. The summed E-state index contributed by atoms with van der Waals surface area (Å²) in [6.07, 6.45) is 4.15. The van der Waals surface area contributed by atoms with E-state index in [2.05, 4.69) is 0 Å². The molecule has 0 unspecified atom stereocenters. The fourth-order valence-electron chi connectivity index (χ4n) is 6.34. The maximum Gasteiger partial charge on any atom is 0.155 e. The van der Waals surface area contributed by atoms with E-state index in [4.69, 9.17) is 0 Å². The maximum absolute atomic E-state index is 16.5. The first-order valence-electron chi connectivity index (χ1n) is 8.87. The SMILES string of the molecule is C[C@@]12C[C@@H](O)[C@]3(F)[C@H](CCC4=CC(=O)CC[C@@]43C)[C@H]1CCC2=O. The number of carbonyl (C=O) groups excluding carboxylic acids is 2. The normalized spacial score (nSPS) is 52.5. The minimum Gasteiger partial charge on any atom is -0.390 e. The number of aliphatic hydroxyl groups is 1. The van der Waals surface area contributed by atoms with Gasteiger partial charge in [0, 0.05) is 29.6 Å². The van der Waals surface area contributed by atoms with Gasteiger partial charge in [0.05, 0.1) is 6.10 Å². The van der Waals surface area contributed by atoms with Crippen molar-refractivity contribution in [1.82, 2.24) is 0 Å². The molecule has 0 heterocycles. The molecule has 0 radical (unpaired) electrons. The smallest absolute Gasteiger partial charge is 0.155 e. The summed E-state index contributed by atoms with van der Waals surface area (Å²) in [6.45, 7) is 3.81. The van der Waals surface area contributed by atoms with Crippen LogP contribution in [-0.4, -0.2) is 28.4 Å².